The zero-order valence-corrected chi connectivity index (χ0v) is 39.9. The number of hydrogen-bond acceptors (Lipinski definition) is 1. The lowest BCUT2D eigenvalue weighted by Crippen LogP contribution is -2.30. The van der Waals surface area contributed by atoms with Crippen molar-refractivity contribution in [3.8, 4) is 55.6 Å². The van der Waals surface area contributed by atoms with E-state index in [9.17, 15) is 0 Å². The Morgan fingerprint density at radius 3 is 1.61 bits per heavy atom. The minimum absolute atomic E-state index is 0.286. The Kier molecular flexibility index (Phi) is 10.7. The van der Waals surface area contributed by atoms with E-state index in [1.165, 1.54) is 94.6 Å². The van der Waals surface area contributed by atoms with Crippen molar-refractivity contribution in [3.63, 3.8) is 0 Å². The highest BCUT2D eigenvalue weighted by Crippen LogP contribution is 2.58. The van der Waals surface area contributed by atoms with Crippen molar-refractivity contribution in [2.24, 2.45) is 5.92 Å². The van der Waals surface area contributed by atoms with Gasteiger partial charge in [0.25, 0.3) is 0 Å². The van der Waals surface area contributed by atoms with E-state index in [-0.39, 0.29) is 5.92 Å². The standard InChI is InChI=1S/C70H53N/c1-48-17-16-26-58(43-48)70(57-24-12-5-13-25-57)68-28-15-14-27-63(68)64-42-40-61(47-69(64)70)71(59-36-31-51(32-37-59)49-18-6-2-7-19-49)60-38-33-52(34-39-60)55-35-41-62-65(53-22-10-4-11-23-53)46-56-30-29-54(44-66(56)67(62)45-55)50-20-8-3-9-21-50/h2-16,18-45,47-48,65H,17,46H2,1H3. The highest BCUT2D eigenvalue weighted by atomic mass is 15.1. The largest absolute Gasteiger partial charge is 0.310 e. The van der Waals surface area contributed by atoms with Gasteiger partial charge >= 0.3 is 0 Å². The van der Waals surface area contributed by atoms with E-state index in [1.807, 2.05) is 0 Å². The molecule has 0 saturated heterocycles. The Balaban J connectivity index is 0.949. The summed E-state index contributed by atoms with van der Waals surface area (Å²) >= 11 is 0. The van der Waals surface area contributed by atoms with Crippen LogP contribution in [0.3, 0.4) is 0 Å². The maximum Gasteiger partial charge on any atom is 0.0711 e. The van der Waals surface area contributed by atoms with E-state index in [1.54, 1.807) is 0 Å². The molecule has 0 N–H and O–H groups in total. The Morgan fingerprint density at radius 1 is 0.408 bits per heavy atom. The zero-order chi connectivity index (χ0) is 47.3. The van der Waals surface area contributed by atoms with E-state index in [4.69, 9.17) is 0 Å². The quantitative estimate of drug-likeness (QED) is 0.139. The Hall–Kier alpha value is -8.52. The highest BCUT2D eigenvalue weighted by Gasteiger charge is 2.47. The van der Waals surface area contributed by atoms with E-state index in [0.29, 0.717) is 5.92 Å². The van der Waals surface area contributed by atoms with Gasteiger partial charge in [-0.15, -0.1) is 0 Å². The maximum atomic E-state index is 2.52. The summed E-state index contributed by atoms with van der Waals surface area (Å²) in [4.78, 5) is 2.45. The van der Waals surface area contributed by atoms with Crippen molar-refractivity contribution in [1.82, 2.24) is 0 Å². The van der Waals surface area contributed by atoms with Gasteiger partial charge in [0.05, 0.1) is 5.41 Å². The number of anilines is 3. The molecular formula is C70H53N. The first kappa shape index (κ1) is 42.6. The van der Waals surface area contributed by atoms with Gasteiger partial charge in [-0.2, -0.15) is 0 Å². The van der Waals surface area contributed by atoms with Gasteiger partial charge in [0.15, 0.2) is 0 Å². The second kappa shape index (κ2) is 17.8. The fraction of sp³-hybridized carbons (Fsp3) is 0.0857. The molecule has 13 rings (SSSR count). The normalized spacial score (nSPS) is 17.3. The highest BCUT2D eigenvalue weighted by molar-refractivity contribution is 5.91. The van der Waals surface area contributed by atoms with Gasteiger partial charge in [-0.3, -0.25) is 0 Å². The van der Waals surface area contributed by atoms with Gasteiger partial charge in [-0.05, 0) is 162 Å². The van der Waals surface area contributed by atoms with Crippen molar-refractivity contribution in [1.29, 1.82) is 0 Å². The first-order valence-electron chi connectivity index (χ1n) is 25.2. The molecule has 338 valence electrons. The Labute approximate surface area is 418 Å². The molecule has 1 nitrogen and oxygen atoms in total. The van der Waals surface area contributed by atoms with Crippen LogP contribution in [0.15, 0.2) is 273 Å². The summed E-state index contributed by atoms with van der Waals surface area (Å²) in [6.45, 7) is 2.34. The second-order valence-electron chi connectivity index (χ2n) is 19.6. The smallest absolute Gasteiger partial charge is 0.0711 e. The van der Waals surface area contributed by atoms with E-state index in [2.05, 4.69) is 279 Å². The topological polar surface area (TPSA) is 3.24 Å². The Morgan fingerprint density at radius 2 is 0.930 bits per heavy atom. The summed E-state index contributed by atoms with van der Waals surface area (Å²) in [5, 5.41) is 0. The fourth-order valence-electron chi connectivity index (χ4n) is 12.1. The molecule has 3 aliphatic rings. The van der Waals surface area contributed by atoms with Crippen LogP contribution in [-0.4, -0.2) is 0 Å². The maximum absolute atomic E-state index is 2.52. The molecule has 3 unspecified atom stereocenters. The van der Waals surface area contributed by atoms with Crippen molar-refractivity contribution in [2.75, 3.05) is 4.90 Å². The lowest BCUT2D eigenvalue weighted by molar-refractivity contribution is 0.683. The average molecular weight is 908 g/mol. The van der Waals surface area contributed by atoms with Crippen molar-refractivity contribution < 1.29 is 0 Å². The second-order valence-corrected chi connectivity index (χ2v) is 19.6. The van der Waals surface area contributed by atoms with Crippen molar-refractivity contribution in [2.45, 2.75) is 31.1 Å². The van der Waals surface area contributed by atoms with E-state index < -0.39 is 5.41 Å². The third kappa shape index (κ3) is 7.40. The summed E-state index contributed by atoms with van der Waals surface area (Å²) in [5.74, 6) is 0.726. The summed E-state index contributed by atoms with van der Waals surface area (Å²) in [6.07, 6.45) is 9.32. The van der Waals surface area contributed by atoms with Crippen LogP contribution in [0, 0.1) is 5.92 Å². The minimum atomic E-state index is -0.479. The number of rotatable bonds is 9. The molecule has 0 amide bonds. The number of benzene rings is 10. The molecule has 0 radical (unpaired) electrons. The molecule has 3 atom stereocenters. The van der Waals surface area contributed by atoms with E-state index in [0.717, 1.165) is 29.9 Å². The summed E-state index contributed by atoms with van der Waals surface area (Å²) in [7, 11) is 0. The lowest BCUT2D eigenvalue weighted by Gasteiger charge is -2.37. The molecule has 0 bridgehead atoms. The van der Waals surface area contributed by atoms with Gasteiger partial charge in [0, 0.05) is 23.0 Å². The van der Waals surface area contributed by atoms with Gasteiger partial charge in [0.2, 0.25) is 0 Å². The van der Waals surface area contributed by atoms with Crippen LogP contribution in [0.5, 0.6) is 0 Å². The SMILES string of the molecule is CC1C=C(C2(c3ccccc3)c3ccccc3-c3ccc(N(c4ccc(-c5ccccc5)cc4)c4ccc(-c5ccc6c(c5)-c5cc(-c7ccccc7)ccc5CC6c5ccccc5)cc4)cc32)C=CC1. The lowest BCUT2D eigenvalue weighted by atomic mass is 9.65. The molecule has 0 fully saturated rings. The van der Waals surface area contributed by atoms with E-state index >= 15 is 0 Å². The van der Waals surface area contributed by atoms with Gasteiger partial charge in [0.1, 0.15) is 0 Å². The minimum Gasteiger partial charge on any atom is -0.310 e. The van der Waals surface area contributed by atoms with Crippen LogP contribution in [0.2, 0.25) is 0 Å². The van der Waals surface area contributed by atoms with Gasteiger partial charge < -0.3 is 4.90 Å². The molecule has 1 heteroatoms. The van der Waals surface area contributed by atoms with Crippen LogP contribution in [-0.2, 0) is 11.8 Å². The molecule has 3 aliphatic carbocycles. The third-order valence-corrected chi connectivity index (χ3v) is 15.4. The summed E-state index contributed by atoms with van der Waals surface area (Å²) < 4.78 is 0. The van der Waals surface area contributed by atoms with Crippen molar-refractivity contribution >= 4 is 17.1 Å². The first-order valence-corrected chi connectivity index (χ1v) is 25.2. The number of allylic oxidation sites excluding steroid dienone is 4. The van der Waals surface area contributed by atoms with Crippen LogP contribution in [0.25, 0.3) is 55.6 Å². The summed E-state index contributed by atoms with van der Waals surface area (Å²) in [5.41, 5.74) is 24.8. The number of nitrogens with zero attached hydrogens (tertiary/aromatic N) is 1. The van der Waals surface area contributed by atoms with Crippen molar-refractivity contribution in [3.05, 3.63) is 306 Å². The molecule has 0 saturated carbocycles. The predicted molar refractivity (Wildman–Crippen MR) is 298 cm³/mol. The fourth-order valence-corrected chi connectivity index (χ4v) is 12.1. The average Bonchev–Trinajstić information content (AvgIpc) is 3.74. The van der Waals surface area contributed by atoms with Gasteiger partial charge in [-0.1, -0.05) is 225 Å². The molecule has 10 aromatic carbocycles. The predicted octanol–water partition coefficient (Wildman–Crippen LogP) is 18.3. The third-order valence-electron chi connectivity index (χ3n) is 15.4. The number of fused-ring (bicyclic) bond motifs is 6. The van der Waals surface area contributed by atoms with Gasteiger partial charge in [-0.25, -0.2) is 0 Å². The first-order chi connectivity index (χ1) is 35.1. The molecule has 0 heterocycles. The molecule has 0 spiro atoms. The summed E-state index contributed by atoms with van der Waals surface area (Å²) in [6, 6.07) is 92.6. The zero-order valence-electron chi connectivity index (χ0n) is 39.9. The number of hydrogen-bond donors (Lipinski definition) is 0. The van der Waals surface area contributed by atoms with Crippen LogP contribution >= 0.6 is 0 Å². The monoisotopic (exact) mass is 907 g/mol. The molecule has 71 heavy (non-hydrogen) atoms. The Bertz CT molecular complexity index is 3630. The van der Waals surface area contributed by atoms with Crippen LogP contribution in [0.4, 0.5) is 17.1 Å². The van der Waals surface area contributed by atoms with Crippen LogP contribution in [0.1, 0.15) is 52.6 Å². The molecule has 0 aliphatic heterocycles. The van der Waals surface area contributed by atoms with Crippen LogP contribution < -0.4 is 4.90 Å². The molecule has 10 aromatic rings. The molecular weight excluding hydrogens is 855 g/mol. The molecule has 0 aromatic heterocycles.